The van der Waals surface area contributed by atoms with E-state index in [0.717, 1.165) is 16.9 Å². The van der Waals surface area contributed by atoms with Crippen molar-refractivity contribution in [3.63, 3.8) is 0 Å². The van der Waals surface area contributed by atoms with E-state index in [1.807, 2.05) is 11.8 Å². The molecule has 0 aromatic heterocycles. The lowest BCUT2D eigenvalue weighted by atomic mass is 10.3. The van der Waals surface area contributed by atoms with Gasteiger partial charge >= 0.3 is 0 Å². The minimum atomic E-state index is 0.441. The normalized spacial score (nSPS) is 30.0. The van der Waals surface area contributed by atoms with Crippen molar-refractivity contribution in [2.45, 2.75) is 44.5 Å². The molecule has 3 atom stereocenters. The van der Waals surface area contributed by atoms with Gasteiger partial charge in [0.2, 0.25) is 0 Å². The summed E-state index contributed by atoms with van der Waals surface area (Å²) in [5.74, 6) is 0. The second-order valence-corrected chi connectivity index (χ2v) is 5.31. The van der Waals surface area contributed by atoms with Gasteiger partial charge in [-0.25, -0.2) is 0 Å². The van der Waals surface area contributed by atoms with E-state index in [1.165, 1.54) is 0 Å². The van der Waals surface area contributed by atoms with Gasteiger partial charge in [0.1, 0.15) is 0 Å². The monoisotopic (exact) mass is 264 g/mol. The summed E-state index contributed by atoms with van der Waals surface area (Å²) in [5.41, 5.74) is 0. The Morgan fingerprint density at radius 3 is 2.85 bits per heavy atom. The Hall–Kier alpha value is 0.300. The third kappa shape index (κ3) is 3.17. The first-order valence-electron chi connectivity index (χ1n) is 4.74. The second kappa shape index (κ2) is 5.25. The van der Waals surface area contributed by atoms with Gasteiger partial charge < -0.3 is 5.32 Å². The number of hydrogen-bond acceptors (Lipinski definition) is 3. The van der Waals surface area contributed by atoms with Gasteiger partial charge in [-0.2, -0.15) is 0 Å². The highest BCUT2D eigenvalue weighted by atomic mass is 79.9. The summed E-state index contributed by atoms with van der Waals surface area (Å²) in [6.07, 6.45) is 1.15. The maximum Gasteiger partial charge on any atom is 0.157 e. The second-order valence-electron chi connectivity index (χ2n) is 3.44. The van der Waals surface area contributed by atoms with E-state index in [2.05, 4.69) is 47.0 Å². The molecule has 0 fully saturated rings. The zero-order valence-electron chi connectivity index (χ0n) is 8.38. The van der Waals surface area contributed by atoms with Gasteiger partial charge in [0, 0.05) is 16.6 Å². The highest BCUT2D eigenvalue weighted by Crippen LogP contribution is 2.27. The summed E-state index contributed by atoms with van der Waals surface area (Å²) in [4.78, 5) is 4.57. The van der Waals surface area contributed by atoms with Crippen LogP contribution in [0.15, 0.2) is 4.99 Å². The first kappa shape index (κ1) is 11.4. The van der Waals surface area contributed by atoms with Crippen LogP contribution in [0.25, 0.3) is 0 Å². The first-order chi connectivity index (χ1) is 6.17. The Morgan fingerprint density at radius 2 is 2.38 bits per heavy atom. The molecule has 1 rings (SSSR count). The van der Waals surface area contributed by atoms with E-state index in [1.54, 1.807) is 0 Å². The Bertz CT molecular complexity index is 196. The molecular formula is C9H17BrN2S. The quantitative estimate of drug-likeness (QED) is 0.793. The van der Waals surface area contributed by atoms with Gasteiger partial charge in [-0.05, 0) is 20.3 Å². The fourth-order valence-electron chi connectivity index (χ4n) is 1.08. The molecule has 0 aliphatic carbocycles. The molecule has 4 heteroatoms. The first-order valence-corrected chi connectivity index (χ1v) is 6.74. The molecule has 3 unspecified atom stereocenters. The van der Waals surface area contributed by atoms with Gasteiger partial charge in [-0.15, -0.1) is 0 Å². The molecule has 0 radical (unpaired) electrons. The molecule has 0 amide bonds. The van der Waals surface area contributed by atoms with Crippen LogP contribution in [0.4, 0.5) is 0 Å². The van der Waals surface area contributed by atoms with Gasteiger partial charge in [0.15, 0.2) is 5.17 Å². The molecule has 1 heterocycles. The van der Waals surface area contributed by atoms with Gasteiger partial charge in [0.05, 0.1) is 6.04 Å². The Morgan fingerprint density at radius 1 is 1.69 bits per heavy atom. The molecule has 0 aromatic rings. The van der Waals surface area contributed by atoms with E-state index in [0.29, 0.717) is 17.3 Å². The van der Waals surface area contributed by atoms with Crippen LogP contribution in [0.5, 0.6) is 0 Å². The molecular weight excluding hydrogens is 248 g/mol. The molecule has 2 nitrogen and oxygen atoms in total. The molecule has 1 N–H and O–H groups in total. The molecule has 76 valence electrons. The molecule has 0 saturated carbocycles. The highest BCUT2D eigenvalue weighted by Gasteiger charge is 2.25. The minimum Gasteiger partial charge on any atom is -0.362 e. The number of alkyl halides is 1. The zero-order chi connectivity index (χ0) is 9.84. The smallest absolute Gasteiger partial charge is 0.157 e. The Balaban J connectivity index is 2.41. The van der Waals surface area contributed by atoms with Crippen LogP contribution >= 0.6 is 27.7 Å². The van der Waals surface area contributed by atoms with E-state index in [9.17, 15) is 0 Å². The Kier molecular flexibility index (Phi) is 4.59. The number of nitrogens with one attached hydrogen (secondary N) is 1. The standard InChI is InChI=1S/C9H17BrN2S/c1-4-6(2)11-9-12-7(3)8(5-10)13-9/h6-8H,4-5H2,1-3H3,(H,11,12). The lowest BCUT2D eigenvalue weighted by molar-refractivity contribution is 0.643. The average molecular weight is 265 g/mol. The van der Waals surface area contributed by atoms with Gasteiger partial charge in [-0.1, -0.05) is 34.6 Å². The number of aliphatic imine (C=N–C) groups is 1. The maximum atomic E-state index is 4.57. The van der Waals surface area contributed by atoms with Gasteiger partial charge in [0.25, 0.3) is 0 Å². The summed E-state index contributed by atoms with van der Waals surface area (Å²) < 4.78 is 0. The SMILES string of the molecule is CCC(C)NC1=NC(C)C(CBr)S1. The summed E-state index contributed by atoms with van der Waals surface area (Å²) in [6.45, 7) is 6.54. The van der Waals surface area contributed by atoms with Crippen LogP contribution in [0.2, 0.25) is 0 Å². The van der Waals surface area contributed by atoms with Crippen molar-refractivity contribution in [1.82, 2.24) is 5.32 Å². The molecule has 0 saturated heterocycles. The van der Waals surface area contributed by atoms with E-state index in [-0.39, 0.29) is 0 Å². The molecule has 0 bridgehead atoms. The number of rotatable bonds is 3. The van der Waals surface area contributed by atoms with E-state index < -0.39 is 0 Å². The molecule has 0 spiro atoms. The van der Waals surface area contributed by atoms with Crippen LogP contribution in [0, 0.1) is 0 Å². The topological polar surface area (TPSA) is 24.4 Å². The lowest BCUT2D eigenvalue weighted by Crippen LogP contribution is -2.29. The molecule has 1 aliphatic rings. The van der Waals surface area contributed by atoms with Crippen LogP contribution in [-0.4, -0.2) is 27.8 Å². The minimum absolute atomic E-state index is 0.441. The number of thioether (sulfide) groups is 1. The van der Waals surface area contributed by atoms with Gasteiger partial charge in [-0.3, -0.25) is 4.99 Å². The number of nitrogens with zero attached hydrogens (tertiary/aromatic N) is 1. The summed E-state index contributed by atoms with van der Waals surface area (Å²) in [7, 11) is 0. The maximum absolute atomic E-state index is 4.57. The van der Waals surface area contributed by atoms with Crippen molar-refractivity contribution in [3.05, 3.63) is 0 Å². The van der Waals surface area contributed by atoms with Crippen LogP contribution in [0.1, 0.15) is 27.2 Å². The fraction of sp³-hybridized carbons (Fsp3) is 0.889. The van der Waals surface area contributed by atoms with Crippen molar-refractivity contribution in [2.24, 2.45) is 4.99 Å². The predicted octanol–water partition coefficient (Wildman–Crippen LogP) is 2.63. The van der Waals surface area contributed by atoms with Crippen molar-refractivity contribution in [1.29, 1.82) is 0 Å². The number of hydrogen-bond donors (Lipinski definition) is 1. The summed E-state index contributed by atoms with van der Waals surface area (Å²) >= 11 is 5.36. The third-order valence-corrected chi connectivity index (χ3v) is 4.69. The highest BCUT2D eigenvalue weighted by molar-refractivity contribution is 9.09. The number of amidine groups is 1. The molecule has 1 aliphatic heterocycles. The fourth-order valence-corrected chi connectivity index (χ4v) is 3.13. The summed E-state index contributed by atoms with van der Waals surface area (Å²) in [6, 6.07) is 0.975. The van der Waals surface area contributed by atoms with Crippen molar-refractivity contribution < 1.29 is 0 Å². The van der Waals surface area contributed by atoms with Crippen LogP contribution in [-0.2, 0) is 0 Å². The predicted molar refractivity (Wildman–Crippen MR) is 65.0 cm³/mol. The van der Waals surface area contributed by atoms with Crippen LogP contribution in [0.3, 0.4) is 0 Å². The van der Waals surface area contributed by atoms with Crippen molar-refractivity contribution in [2.75, 3.05) is 5.33 Å². The number of halogens is 1. The third-order valence-electron chi connectivity index (χ3n) is 2.26. The lowest BCUT2D eigenvalue weighted by Gasteiger charge is -2.12. The van der Waals surface area contributed by atoms with E-state index >= 15 is 0 Å². The largest absolute Gasteiger partial charge is 0.362 e. The molecule has 13 heavy (non-hydrogen) atoms. The summed E-state index contributed by atoms with van der Waals surface area (Å²) in [5, 5.41) is 6.16. The zero-order valence-corrected chi connectivity index (χ0v) is 10.8. The van der Waals surface area contributed by atoms with Crippen molar-refractivity contribution in [3.8, 4) is 0 Å². The van der Waals surface area contributed by atoms with E-state index in [4.69, 9.17) is 0 Å². The van der Waals surface area contributed by atoms with Crippen LogP contribution < -0.4 is 5.32 Å². The van der Waals surface area contributed by atoms with Crippen molar-refractivity contribution >= 4 is 32.9 Å². The Labute approximate surface area is 93.1 Å². The average Bonchev–Trinajstić information content (AvgIpc) is 2.46. The molecule has 0 aromatic carbocycles.